The Bertz CT molecular complexity index is 1290. The van der Waals surface area contributed by atoms with Crippen LogP contribution in [0, 0.1) is 6.92 Å². The summed E-state index contributed by atoms with van der Waals surface area (Å²) in [7, 11) is -3.86. The summed E-state index contributed by atoms with van der Waals surface area (Å²) in [6, 6.07) is 13.3. The second-order valence-electron chi connectivity index (χ2n) is 6.07. The van der Waals surface area contributed by atoms with Crippen molar-refractivity contribution in [2.45, 2.75) is 11.8 Å². The predicted molar refractivity (Wildman–Crippen MR) is 108 cm³/mol. The van der Waals surface area contributed by atoms with Crippen LogP contribution in [-0.2, 0) is 10.0 Å². The first kappa shape index (κ1) is 18.7. The van der Waals surface area contributed by atoms with E-state index in [2.05, 4.69) is 20.0 Å². The van der Waals surface area contributed by atoms with E-state index in [0.717, 1.165) is 5.56 Å². The molecule has 0 amide bonds. The van der Waals surface area contributed by atoms with Crippen molar-refractivity contribution in [3.63, 3.8) is 0 Å². The van der Waals surface area contributed by atoms with E-state index < -0.39 is 10.0 Å². The maximum atomic E-state index is 12.7. The summed E-state index contributed by atoms with van der Waals surface area (Å²) < 4.78 is 29.5. The van der Waals surface area contributed by atoms with Gasteiger partial charge in [-0.15, -0.1) is 10.2 Å². The van der Waals surface area contributed by atoms with Gasteiger partial charge in [0.25, 0.3) is 10.0 Å². The molecule has 2 aromatic heterocycles. The lowest BCUT2D eigenvalue weighted by molar-refractivity contribution is 0.601. The number of nitrogens with zero attached hydrogens (tertiary/aromatic N) is 4. The molecule has 0 spiro atoms. The maximum Gasteiger partial charge on any atom is 0.263 e. The van der Waals surface area contributed by atoms with Crippen LogP contribution in [0.25, 0.3) is 16.9 Å². The zero-order chi connectivity index (χ0) is 19.9. The minimum atomic E-state index is -3.86. The molecule has 0 fully saturated rings. The topological polar surface area (TPSA) is 89.2 Å². The van der Waals surface area contributed by atoms with Crippen molar-refractivity contribution in [3.8, 4) is 11.3 Å². The molecular formula is C18H13Cl2N5O2S. The van der Waals surface area contributed by atoms with E-state index in [1.807, 2.05) is 6.07 Å². The van der Waals surface area contributed by atoms with Crippen molar-refractivity contribution in [2.24, 2.45) is 0 Å². The minimum Gasteiger partial charge on any atom is -0.280 e. The number of halogens is 2. The number of anilines is 1. The molecule has 0 aliphatic rings. The average molecular weight is 434 g/mol. The van der Waals surface area contributed by atoms with E-state index in [0.29, 0.717) is 27.6 Å². The fourth-order valence-corrected chi connectivity index (χ4v) is 4.53. The molecule has 0 aliphatic carbocycles. The van der Waals surface area contributed by atoms with Gasteiger partial charge in [0.1, 0.15) is 11.2 Å². The van der Waals surface area contributed by atoms with Gasteiger partial charge in [0.2, 0.25) is 0 Å². The number of rotatable bonds is 4. The molecule has 0 saturated carbocycles. The van der Waals surface area contributed by atoms with Crippen molar-refractivity contribution in [2.75, 3.05) is 4.72 Å². The first-order chi connectivity index (χ1) is 13.3. The Balaban J connectivity index is 1.61. The van der Waals surface area contributed by atoms with Crippen LogP contribution >= 0.6 is 23.2 Å². The molecule has 0 bridgehead atoms. The Hall–Kier alpha value is -2.68. The van der Waals surface area contributed by atoms with E-state index in [4.69, 9.17) is 23.2 Å². The maximum absolute atomic E-state index is 12.7. The third-order valence-corrected chi connectivity index (χ3v) is 6.35. The third-order valence-electron chi connectivity index (χ3n) is 4.10. The van der Waals surface area contributed by atoms with E-state index in [9.17, 15) is 8.42 Å². The Labute approximate surface area is 171 Å². The molecule has 0 saturated heterocycles. The fourth-order valence-electron chi connectivity index (χ4n) is 2.64. The zero-order valence-corrected chi connectivity index (χ0v) is 16.8. The number of hydrogen-bond donors (Lipinski definition) is 1. The van der Waals surface area contributed by atoms with Gasteiger partial charge in [0.15, 0.2) is 5.65 Å². The molecular weight excluding hydrogens is 421 g/mol. The van der Waals surface area contributed by atoms with Crippen LogP contribution in [0.5, 0.6) is 0 Å². The van der Waals surface area contributed by atoms with Crippen molar-refractivity contribution >= 4 is 44.6 Å². The Morgan fingerprint density at radius 2 is 1.75 bits per heavy atom. The monoisotopic (exact) mass is 433 g/mol. The van der Waals surface area contributed by atoms with Gasteiger partial charge in [-0.05, 0) is 48.9 Å². The zero-order valence-electron chi connectivity index (χ0n) is 14.5. The molecule has 0 aliphatic heterocycles. The molecule has 7 nitrogen and oxygen atoms in total. The first-order valence-electron chi connectivity index (χ1n) is 8.09. The average Bonchev–Trinajstić information content (AvgIpc) is 3.12. The molecule has 4 rings (SSSR count). The van der Waals surface area contributed by atoms with Gasteiger partial charge >= 0.3 is 0 Å². The SMILES string of the molecule is Cc1cc(S(=O)(=O)Nc2ccc(-c3ccc4nncn4n3)cc2)c(Cl)cc1Cl. The number of aryl methyl sites for hydroxylation is 1. The largest absolute Gasteiger partial charge is 0.280 e. The Morgan fingerprint density at radius 1 is 1.00 bits per heavy atom. The molecule has 4 aromatic rings. The number of fused-ring (bicyclic) bond motifs is 1. The summed E-state index contributed by atoms with van der Waals surface area (Å²) >= 11 is 12.1. The third kappa shape index (κ3) is 3.54. The quantitative estimate of drug-likeness (QED) is 0.520. The summed E-state index contributed by atoms with van der Waals surface area (Å²) in [6.07, 6.45) is 1.51. The predicted octanol–water partition coefficient (Wildman–Crippen LogP) is 4.21. The highest BCUT2D eigenvalue weighted by atomic mass is 35.5. The van der Waals surface area contributed by atoms with Gasteiger partial charge in [0, 0.05) is 16.3 Å². The van der Waals surface area contributed by atoms with Crippen molar-refractivity contribution in [1.82, 2.24) is 19.8 Å². The number of nitrogens with one attached hydrogen (secondary N) is 1. The van der Waals surface area contributed by atoms with Crippen LogP contribution in [0.4, 0.5) is 5.69 Å². The summed E-state index contributed by atoms with van der Waals surface area (Å²) in [6.45, 7) is 1.71. The molecule has 2 heterocycles. The summed E-state index contributed by atoms with van der Waals surface area (Å²) in [5, 5.41) is 12.6. The molecule has 0 radical (unpaired) electrons. The molecule has 28 heavy (non-hydrogen) atoms. The van der Waals surface area contributed by atoms with Crippen LogP contribution in [0.2, 0.25) is 10.0 Å². The van der Waals surface area contributed by atoms with E-state index in [1.54, 1.807) is 41.8 Å². The van der Waals surface area contributed by atoms with Crippen LogP contribution in [0.3, 0.4) is 0 Å². The van der Waals surface area contributed by atoms with Gasteiger partial charge in [-0.1, -0.05) is 35.3 Å². The van der Waals surface area contributed by atoms with Crippen molar-refractivity contribution < 1.29 is 8.42 Å². The lowest BCUT2D eigenvalue weighted by atomic mass is 10.1. The van der Waals surface area contributed by atoms with E-state index >= 15 is 0 Å². The standard InChI is InChI=1S/C18H13Cl2N5O2S/c1-11-8-17(15(20)9-14(11)19)28(26,27)24-13-4-2-12(3-5-13)16-6-7-18-22-21-10-25(18)23-16/h2-10,24H,1H3. The number of hydrogen-bond acceptors (Lipinski definition) is 5. The van der Waals surface area contributed by atoms with E-state index in [1.165, 1.54) is 18.5 Å². The van der Waals surface area contributed by atoms with Crippen molar-refractivity contribution in [3.05, 3.63) is 70.5 Å². The Kier molecular flexibility index (Phi) is 4.70. The van der Waals surface area contributed by atoms with Crippen LogP contribution in [-0.4, -0.2) is 28.2 Å². The van der Waals surface area contributed by atoms with Crippen LogP contribution in [0.1, 0.15) is 5.56 Å². The molecule has 2 aromatic carbocycles. The van der Waals surface area contributed by atoms with Gasteiger partial charge < -0.3 is 0 Å². The number of benzene rings is 2. The second-order valence-corrected chi connectivity index (χ2v) is 8.53. The fraction of sp³-hybridized carbons (Fsp3) is 0.0556. The number of sulfonamides is 1. The highest BCUT2D eigenvalue weighted by molar-refractivity contribution is 7.92. The second kappa shape index (κ2) is 7.05. The highest BCUT2D eigenvalue weighted by Gasteiger charge is 2.19. The summed E-state index contributed by atoms with van der Waals surface area (Å²) in [4.78, 5) is -0.0279. The van der Waals surface area contributed by atoms with Gasteiger partial charge in [-0.25, -0.2) is 8.42 Å². The van der Waals surface area contributed by atoms with Gasteiger partial charge in [-0.2, -0.15) is 9.61 Å². The molecule has 1 N–H and O–H groups in total. The summed E-state index contributed by atoms with van der Waals surface area (Å²) in [5.41, 5.74) is 3.19. The highest BCUT2D eigenvalue weighted by Crippen LogP contribution is 2.30. The summed E-state index contributed by atoms with van der Waals surface area (Å²) in [5.74, 6) is 0. The molecule has 10 heteroatoms. The Morgan fingerprint density at radius 3 is 2.50 bits per heavy atom. The van der Waals surface area contributed by atoms with E-state index in [-0.39, 0.29) is 9.92 Å². The minimum absolute atomic E-state index is 0.0279. The molecule has 142 valence electrons. The normalized spacial score (nSPS) is 11.7. The van der Waals surface area contributed by atoms with Gasteiger partial charge in [-0.3, -0.25) is 4.72 Å². The number of aromatic nitrogens is 4. The lowest BCUT2D eigenvalue weighted by Gasteiger charge is -2.11. The van der Waals surface area contributed by atoms with Crippen LogP contribution < -0.4 is 4.72 Å². The molecule has 0 unspecified atom stereocenters. The first-order valence-corrected chi connectivity index (χ1v) is 10.3. The van der Waals surface area contributed by atoms with Crippen molar-refractivity contribution in [1.29, 1.82) is 0 Å². The molecule has 0 atom stereocenters. The lowest BCUT2D eigenvalue weighted by Crippen LogP contribution is -2.13. The van der Waals surface area contributed by atoms with Crippen LogP contribution in [0.15, 0.2) is 59.8 Å². The smallest absolute Gasteiger partial charge is 0.263 e. The van der Waals surface area contributed by atoms with Gasteiger partial charge in [0.05, 0.1) is 10.7 Å².